The summed E-state index contributed by atoms with van der Waals surface area (Å²) in [5.41, 5.74) is 4.74. The Balaban J connectivity index is 1.78. The van der Waals surface area contributed by atoms with Crippen molar-refractivity contribution in [2.24, 2.45) is 0 Å². The van der Waals surface area contributed by atoms with E-state index in [1.807, 2.05) is 60.7 Å². The lowest BCUT2D eigenvalue weighted by Gasteiger charge is -2.29. The van der Waals surface area contributed by atoms with Gasteiger partial charge in [0.25, 0.3) is 6.04 Å². The van der Waals surface area contributed by atoms with Crippen molar-refractivity contribution in [2.45, 2.75) is 11.5 Å². The number of nitrogens with zero attached hydrogens (tertiary/aromatic N) is 1. The summed E-state index contributed by atoms with van der Waals surface area (Å²) in [5, 5.41) is 2.07. The SMILES string of the molecule is O=C1NC(=O)[N+](=O)C1C=CC1(c2ccccc2)c2ccccc2-c2ccccc21. The summed E-state index contributed by atoms with van der Waals surface area (Å²) in [6.45, 7) is 0. The van der Waals surface area contributed by atoms with Gasteiger partial charge < -0.3 is 0 Å². The van der Waals surface area contributed by atoms with E-state index in [-0.39, 0.29) is 4.76 Å². The minimum atomic E-state index is -1.18. The van der Waals surface area contributed by atoms with E-state index in [4.69, 9.17) is 0 Å². The predicted molar refractivity (Wildman–Crippen MR) is 108 cm³/mol. The highest BCUT2D eigenvalue weighted by Crippen LogP contribution is 2.53. The Bertz CT molecular complexity index is 1150. The molecule has 1 aliphatic heterocycles. The summed E-state index contributed by atoms with van der Waals surface area (Å²) in [5.74, 6) is -0.607. The van der Waals surface area contributed by atoms with E-state index in [1.54, 1.807) is 6.08 Å². The molecule has 140 valence electrons. The third-order valence-electron chi connectivity index (χ3n) is 5.70. The van der Waals surface area contributed by atoms with Gasteiger partial charge in [-0.3, -0.25) is 0 Å². The maximum atomic E-state index is 12.1. The molecule has 5 heteroatoms. The van der Waals surface area contributed by atoms with Crippen molar-refractivity contribution in [1.29, 1.82) is 0 Å². The Morgan fingerprint density at radius 2 is 1.34 bits per heavy atom. The third kappa shape index (κ3) is 2.41. The maximum Gasteiger partial charge on any atom is 0.538 e. The van der Waals surface area contributed by atoms with Crippen LogP contribution in [0, 0.1) is 4.91 Å². The van der Waals surface area contributed by atoms with Crippen LogP contribution in [0.15, 0.2) is 91.0 Å². The Morgan fingerprint density at radius 3 is 1.90 bits per heavy atom. The van der Waals surface area contributed by atoms with Crippen molar-refractivity contribution in [1.82, 2.24) is 5.32 Å². The average Bonchev–Trinajstić information content (AvgIpc) is 3.19. The molecule has 29 heavy (non-hydrogen) atoms. The molecular formula is C24H17N2O3+. The zero-order valence-electron chi connectivity index (χ0n) is 15.4. The zero-order valence-corrected chi connectivity index (χ0v) is 15.4. The molecule has 3 aromatic carbocycles. The van der Waals surface area contributed by atoms with E-state index in [2.05, 4.69) is 29.6 Å². The molecule has 1 aliphatic carbocycles. The summed E-state index contributed by atoms with van der Waals surface area (Å²) in [6, 6.07) is 24.2. The largest absolute Gasteiger partial charge is 0.538 e. The van der Waals surface area contributed by atoms with Crippen molar-refractivity contribution in [3.05, 3.63) is 113 Å². The minimum Gasteiger partial charge on any atom is -0.241 e. The lowest BCUT2D eigenvalue weighted by molar-refractivity contribution is -0.453. The van der Waals surface area contributed by atoms with Gasteiger partial charge in [0, 0.05) is 4.76 Å². The molecule has 1 N–H and O–H groups in total. The molecule has 1 atom stereocenters. The highest BCUT2D eigenvalue weighted by Gasteiger charge is 2.48. The molecule has 1 unspecified atom stereocenters. The van der Waals surface area contributed by atoms with E-state index >= 15 is 0 Å². The van der Waals surface area contributed by atoms with E-state index in [9.17, 15) is 14.5 Å². The number of fused-ring (bicyclic) bond motifs is 3. The van der Waals surface area contributed by atoms with Crippen LogP contribution in [0.25, 0.3) is 11.1 Å². The van der Waals surface area contributed by atoms with Crippen molar-refractivity contribution < 1.29 is 14.3 Å². The van der Waals surface area contributed by atoms with Crippen LogP contribution < -0.4 is 5.32 Å². The molecule has 1 heterocycles. The normalized spacial score (nSPS) is 19.3. The van der Waals surface area contributed by atoms with Gasteiger partial charge in [0.2, 0.25) is 0 Å². The summed E-state index contributed by atoms with van der Waals surface area (Å²) in [6.07, 6.45) is 3.43. The Morgan fingerprint density at radius 1 is 0.793 bits per heavy atom. The van der Waals surface area contributed by atoms with Crippen LogP contribution in [0.1, 0.15) is 16.7 Å². The number of imide groups is 1. The van der Waals surface area contributed by atoms with Gasteiger partial charge in [-0.1, -0.05) is 89.8 Å². The van der Waals surface area contributed by atoms with E-state index in [0.717, 1.165) is 27.8 Å². The fourth-order valence-corrected chi connectivity index (χ4v) is 4.42. The maximum absolute atomic E-state index is 12.1. The van der Waals surface area contributed by atoms with Crippen molar-refractivity contribution in [3.63, 3.8) is 0 Å². The second-order valence-corrected chi connectivity index (χ2v) is 7.19. The number of hydrogen-bond donors (Lipinski definition) is 1. The van der Waals surface area contributed by atoms with Gasteiger partial charge in [-0.2, -0.15) is 10.1 Å². The molecule has 0 radical (unpaired) electrons. The number of nitroso groups, excluding NO2 is 1. The molecule has 1 saturated heterocycles. The number of benzene rings is 3. The molecule has 1 fully saturated rings. The van der Waals surface area contributed by atoms with Gasteiger partial charge in [0.1, 0.15) is 0 Å². The van der Waals surface area contributed by atoms with Gasteiger partial charge in [-0.25, -0.2) is 4.79 Å². The molecule has 2 aliphatic rings. The van der Waals surface area contributed by atoms with Crippen molar-refractivity contribution in [2.75, 3.05) is 0 Å². The number of allylic oxidation sites excluding steroid dienone is 1. The highest BCUT2D eigenvalue weighted by molar-refractivity contribution is 5.99. The highest BCUT2D eigenvalue weighted by atomic mass is 16.3. The fraction of sp³-hybridized carbons (Fsp3) is 0.0833. The Labute approximate surface area is 167 Å². The van der Waals surface area contributed by atoms with Crippen molar-refractivity contribution in [3.8, 4) is 11.1 Å². The molecule has 0 aromatic heterocycles. The summed E-state index contributed by atoms with van der Waals surface area (Å²) in [4.78, 5) is 35.8. The van der Waals surface area contributed by atoms with Gasteiger partial charge in [-0.05, 0) is 33.9 Å². The van der Waals surface area contributed by atoms with Crippen LogP contribution >= 0.6 is 0 Å². The minimum absolute atomic E-state index is 0.185. The van der Waals surface area contributed by atoms with E-state index in [1.165, 1.54) is 0 Å². The van der Waals surface area contributed by atoms with Gasteiger partial charge in [0.15, 0.2) is 0 Å². The molecular weight excluding hydrogens is 364 g/mol. The lowest BCUT2D eigenvalue weighted by atomic mass is 9.72. The molecule has 5 rings (SSSR count). The van der Waals surface area contributed by atoms with Crippen LogP contribution in [0.3, 0.4) is 0 Å². The third-order valence-corrected chi connectivity index (χ3v) is 5.70. The van der Waals surface area contributed by atoms with E-state index in [0.29, 0.717) is 0 Å². The second-order valence-electron chi connectivity index (χ2n) is 7.19. The van der Waals surface area contributed by atoms with Gasteiger partial charge >= 0.3 is 11.9 Å². The predicted octanol–water partition coefficient (Wildman–Crippen LogP) is 3.95. The summed E-state index contributed by atoms with van der Waals surface area (Å²) >= 11 is 0. The number of carbonyl (C=O) groups excluding carboxylic acids is 2. The number of rotatable bonds is 3. The number of urea groups is 1. The molecule has 3 aromatic rings. The topological polar surface area (TPSA) is 66.2 Å². The first kappa shape index (κ1) is 17.3. The van der Waals surface area contributed by atoms with Gasteiger partial charge in [0.05, 0.1) is 5.41 Å². The van der Waals surface area contributed by atoms with Crippen LogP contribution in [-0.4, -0.2) is 22.7 Å². The number of hydrogen-bond acceptors (Lipinski definition) is 3. The first-order valence-corrected chi connectivity index (χ1v) is 9.38. The summed E-state index contributed by atoms with van der Waals surface area (Å²) < 4.78 is 0.185. The Hall–Kier alpha value is -3.86. The van der Waals surface area contributed by atoms with Crippen LogP contribution in [0.5, 0.6) is 0 Å². The van der Waals surface area contributed by atoms with Crippen LogP contribution in [0.4, 0.5) is 4.79 Å². The zero-order chi connectivity index (χ0) is 20.0. The van der Waals surface area contributed by atoms with Crippen LogP contribution in [0.2, 0.25) is 0 Å². The molecule has 0 saturated carbocycles. The summed E-state index contributed by atoms with van der Waals surface area (Å²) in [7, 11) is 0. The van der Waals surface area contributed by atoms with Gasteiger partial charge in [-0.15, -0.1) is 0 Å². The monoisotopic (exact) mass is 381 g/mol. The smallest absolute Gasteiger partial charge is 0.241 e. The molecule has 5 nitrogen and oxygen atoms in total. The number of nitrogens with one attached hydrogen (secondary N) is 1. The molecule has 0 spiro atoms. The second kappa shape index (κ2) is 6.34. The average molecular weight is 381 g/mol. The molecule has 0 bridgehead atoms. The molecule has 3 amide bonds. The standard InChI is InChI=1S/C24H16N2O3/c27-22-21(26(29)23(28)25-22)14-15-24(16-8-2-1-3-9-16)19-12-6-4-10-17(19)18-11-5-7-13-20(18)24/h1-15,21H/p+1. The van der Waals surface area contributed by atoms with Crippen molar-refractivity contribution >= 4 is 11.9 Å². The quantitative estimate of drug-likeness (QED) is 0.424. The van der Waals surface area contributed by atoms with E-state index < -0.39 is 23.4 Å². The number of carbonyl (C=O) groups is 2. The first-order chi connectivity index (χ1) is 14.1. The number of amides is 3. The Kier molecular flexibility index (Phi) is 3.77. The van der Waals surface area contributed by atoms with Crippen LogP contribution in [-0.2, 0) is 10.2 Å². The fourth-order valence-electron chi connectivity index (χ4n) is 4.42. The first-order valence-electron chi connectivity index (χ1n) is 9.38. The lowest BCUT2D eigenvalue weighted by Crippen LogP contribution is -2.28.